The minimum absolute atomic E-state index is 0.272. The number of carbonyl (C=O) groups excluding carboxylic acids is 1. The molecule has 0 aromatic carbocycles. The Balaban J connectivity index is 2.04. The van der Waals surface area contributed by atoms with E-state index in [-0.39, 0.29) is 5.76 Å². The highest BCUT2D eigenvalue weighted by atomic mass is 16.5. The zero-order valence-corrected chi connectivity index (χ0v) is 10.2. The average Bonchev–Trinajstić information content (AvgIpc) is 2.71. The van der Waals surface area contributed by atoms with E-state index in [9.17, 15) is 4.79 Å². The summed E-state index contributed by atoms with van der Waals surface area (Å²) >= 11 is 0. The lowest BCUT2D eigenvalue weighted by Crippen LogP contribution is -2.35. The van der Waals surface area contributed by atoms with Gasteiger partial charge >= 0.3 is 5.97 Å². The number of methoxy groups -OCH3 is 1. The standard InChI is InChI=1S/C12H17NO4/c1-9-10(7-11(17-9)12(14)15-2)8-13-3-5-16-6-4-13/h7H,3-6,8H2,1-2H3. The van der Waals surface area contributed by atoms with E-state index in [1.54, 1.807) is 6.07 Å². The summed E-state index contributed by atoms with van der Waals surface area (Å²) in [4.78, 5) is 13.6. The number of morpholine rings is 1. The topological polar surface area (TPSA) is 51.9 Å². The van der Waals surface area contributed by atoms with Gasteiger partial charge in [-0.2, -0.15) is 0 Å². The number of carbonyl (C=O) groups is 1. The van der Waals surface area contributed by atoms with Crippen LogP contribution < -0.4 is 0 Å². The maximum Gasteiger partial charge on any atom is 0.373 e. The number of ether oxygens (including phenoxy) is 2. The normalized spacial score (nSPS) is 17.1. The van der Waals surface area contributed by atoms with E-state index in [2.05, 4.69) is 9.64 Å². The minimum Gasteiger partial charge on any atom is -0.463 e. The highest BCUT2D eigenvalue weighted by molar-refractivity contribution is 5.86. The molecule has 0 aliphatic carbocycles. The molecule has 2 heterocycles. The number of furan rings is 1. The van der Waals surface area contributed by atoms with E-state index in [0.29, 0.717) is 0 Å². The molecule has 0 radical (unpaired) electrons. The first-order chi connectivity index (χ1) is 8.20. The molecule has 1 saturated heterocycles. The van der Waals surface area contributed by atoms with Crippen molar-refractivity contribution in [2.24, 2.45) is 0 Å². The lowest BCUT2D eigenvalue weighted by Gasteiger charge is -2.26. The van der Waals surface area contributed by atoms with Gasteiger partial charge in [-0.1, -0.05) is 0 Å². The van der Waals surface area contributed by atoms with E-state index in [1.807, 2.05) is 6.92 Å². The van der Waals surface area contributed by atoms with Crippen molar-refractivity contribution in [2.75, 3.05) is 33.4 Å². The second-order valence-corrected chi connectivity index (χ2v) is 4.07. The van der Waals surface area contributed by atoms with Crippen molar-refractivity contribution in [3.05, 3.63) is 23.2 Å². The van der Waals surface area contributed by atoms with Crippen LogP contribution >= 0.6 is 0 Å². The van der Waals surface area contributed by atoms with Crippen LogP contribution in [0.1, 0.15) is 21.9 Å². The molecule has 1 aromatic rings. The molecule has 0 unspecified atom stereocenters. The van der Waals surface area contributed by atoms with Crippen molar-refractivity contribution in [1.29, 1.82) is 0 Å². The van der Waals surface area contributed by atoms with Crippen LogP contribution in [0.2, 0.25) is 0 Å². The molecule has 0 spiro atoms. The fraction of sp³-hybridized carbons (Fsp3) is 0.583. The largest absolute Gasteiger partial charge is 0.463 e. The number of nitrogens with zero attached hydrogens (tertiary/aromatic N) is 1. The Kier molecular flexibility index (Phi) is 3.81. The smallest absolute Gasteiger partial charge is 0.373 e. The highest BCUT2D eigenvalue weighted by Gasteiger charge is 2.17. The number of aryl methyl sites for hydroxylation is 1. The molecule has 1 aliphatic heterocycles. The van der Waals surface area contributed by atoms with Crippen LogP contribution in [0.25, 0.3) is 0 Å². The molecule has 94 valence electrons. The molecule has 1 fully saturated rings. The Morgan fingerprint density at radius 1 is 1.47 bits per heavy atom. The summed E-state index contributed by atoms with van der Waals surface area (Å²) in [6.07, 6.45) is 0. The maximum atomic E-state index is 11.3. The number of hydrogen-bond donors (Lipinski definition) is 0. The Morgan fingerprint density at radius 2 is 2.18 bits per heavy atom. The average molecular weight is 239 g/mol. The van der Waals surface area contributed by atoms with Crippen molar-refractivity contribution in [3.63, 3.8) is 0 Å². The van der Waals surface area contributed by atoms with Gasteiger partial charge in [-0.15, -0.1) is 0 Å². The van der Waals surface area contributed by atoms with Crippen LogP contribution in [0.15, 0.2) is 10.5 Å². The van der Waals surface area contributed by atoms with Gasteiger partial charge in [0.1, 0.15) is 5.76 Å². The Morgan fingerprint density at radius 3 is 2.82 bits per heavy atom. The van der Waals surface area contributed by atoms with Crippen LogP contribution in [0.3, 0.4) is 0 Å². The third-order valence-electron chi connectivity index (χ3n) is 2.90. The summed E-state index contributed by atoms with van der Waals surface area (Å²) in [5.74, 6) is 0.617. The Bertz CT molecular complexity index is 393. The second-order valence-electron chi connectivity index (χ2n) is 4.07. The predicted octanol–water partition coefficient (Wildman–Crippen LogP) is 1.21. The van der Waals surface area contributed by atoms with Gasteiger partial charge in [0.25, 0.3) is 0 Å². The quantitative estimate of drug-likeness (QED) is 0.742. The van der Waals surface area contributed by atoms with Crippen molar-refractivity contribution < 1.29 is 18.7 Å². The molecule has 0 N–H and O–H groups in total. The van der Waals surface area contributed by atoms with Crippen molar-refractivity contribution >= 4 is 5.97 Å². The van der Waals surface area contributed by atoms with Crippen LogP contribution in [-0.2, 0) is 16.0 Å². The van der Waals surface area contributed by atoms with Gasteiger partial charge < -0.3 is 13.9 Å². The number of esters is 1. The molecule has 2 rings (SSSR count). The third-order valence-corrected chi connectivity index (χ3v) is 2.90. The maximum absolute atomic E-state index is 11.3. The first-order valence-corrected chi connectivity index (χ1v) is 5.68. The van der Waals surface area contributed by atoms with Gasteiger partial charge in [0, 0.05) is 25.2 Å². The van der Waals surface area contributed by atoms with Crippen LogP contribution in [0.4, 0.5) is 0 Å². The van der Waals surface area contributed by atoms with Crippen molar-refractivity contribution in [1.82, 2.24) is 4.90 Å². The predicted molar refractivity (Wildman–Crippen MR) is 60.9 cm³/mol. The fourth-order valence-electron chi connectivity index (χ4n) is 1.88. The van der Waals surface area contributed by atoms with E-state index in [0.717, 1.165) is 44.2 Å². The molecular formula is C12H17NO4. The molecule has 1 aliphatic rings. The van der Waals surface area contributed by atoms with E-state index in [4.69, 9.17) is 9.15 Å². The first kappa shape index (κ1) is 12.1. The number of rotatable bonds is 3. The van der Waals surface area contributed by atoms with Gasteiger partial charge in [-0.3, -0.25) is 4.90 Å². The molecule has 5 heteroatoms. The molecule has 0 saturated carbocycles. The molecule has 0 amide bonds. The summed E-state index contributed by atoms with van der Waals surface area (Å²) in [5, 5.41) is 0. The lowest BCUT2D eigenvalue weighted by atomic mass is 10.2. The van der Waals surface area contributed by atoms with Crippen molar-refractivity contribution in [2.45, 2.75) is 13.5 Å². The highest BCUT2D eigenvalue weighted by Crippen LogP contribution is 2.18. The molecular weight excluding hydrogens is 222 g/mol. The Labute approximate surface area is 100 Å². The van der Waals surface area contributed by atoms with Gasteiger partial charge in [-0.05, 0) is 13.0 Å². The van der Waals surface area contributed by atoms with Gasteiger partial charge in [-0.25, -0.2) is 4.79 Å². The van der Waals surface area contributed by atoms with Crippen LogP contribution in [0.5, 0.6) is 0 Å². The summed E-state index contributed by atoms with van der Waals surface area (Å²) in [5.41, 5.74) is 1.03. The van der Waals surface area contributed by atoms with Crippen molar-refractivity contribution in [3.8, 4) is 0 Å². The monoisotopic (exact) mass is 239 g/mol. The molecule has 0 bridgehead atoms. The SMILES string of the molecule is COC(=O)c1cc(CN2CCOCC2)c(C)o1. The third kappa shape index (κ3) is 2.87. The summed E-state index contributed by atoms with van der Waals surface area (Å²) in [6, 6.07) is 1.76. The minimum atomic E-state index is -0.429. The van der Waals surface area contributed by atoms with E-state index < -0.39 is 5.97 Å². The number of hydrogen-bond acceptors (Lipinski definition) is 5. The van der Waals surface area contributed by atoms with E-state index >= 15 is 0 Å². The first-order valence-electron chi connectivity index (χ1n) is 5.68. The van der Waals surface area contributed by atoms with Gasteiger partial charge in [0.15, 0.2) is 0 Å². The molecule has 0 atom stereocenters. The second kappa shape index (κ2) is 5.33. The molecule has 17 heavy (non-hydrogen) atoms. The summed E-state index contributed by atoms with van der Waals surface area (Å²) in [6.45, 7) is 6.01. The summed E-state index contributed by atoms with van der Waals surface area (Å²) in [7, 11) is 1.35. The zero-order valence-electron chi connectivity index (χ0n) is 10.2. The molecule has 5 nitrogen and oxygen atoms in total. The fourth-order valence-corrected chi connectivity index (χ4v) is 1.88. The lowest BCUT2D eigenvalue weighted by molar-refractivity contribution is 0.0340. The van der Waals surface area contributed by atoms with Gasteiger partial charge in [0.05, 0.1) is 20.3 Å². The molecule has 1 aromatic heterocycles. The van der Waals surface area contributed by atoms with E-state index in [1.165, 1.54) is 7.11 Å². The van der Waals surface area contributed by atoms with Crippen LogP contribution in [-0.4, -0.2) is 44.3 Å². The summed E-state index contributed by atoms with van der Waals surface area (Å²) < 4.78 is 15.3. The van der Waals surface area contributed by atoms with Crippen LogP contribution in [0, 0.1) is 6.92 Å². The zero-order chi connectivity index (χ0) is 12.3. The van der Waals surface area contributed by atoms with Gasteiger partial charge in [0.2, 0.25) is 5.76 Å². The Hall–Kier alpha value is -1.33.